The number of carbonyl (C=O) groups excluding carboxylic acids is 1. The zero-order valence-electron chi connectivity index (χ0n) is 14.2. The molecule has 23 heavy (non-hydrogen) atoms. The number of carbonyl (C=O) groups is 1. The van der Waals surface area contributed by atoms with Crippen LogP contribution in [0.3, 0.4) is 0 Å². The molecule has 0 aliphatic carbocycles. The molecule has 2 unspecified atom stereocenters. The Kier molecular flexibility index (Phi) is 4.76. The molecule has 1 saturated heterocycles. The second-order valence-electron chi connectivity index (χ2n) is 6.79. The molecule has 0 radical (unpaired) electrons. The van der Waals surface area contributed by atoms with Gasteiger partial charge in [-0.05, 0) is 57.9 Å². The summed E-state index contributed by atoms with van der Waals surface area (Å²) in [4.78, 5) is 16.8. The molecule has 126 valence electrons. The number of piperidine rings is 1. The van der Waals surface area contributed by atoms with E-state index >= 15 is 0 Å². The number of ether oxygens (including phenoxy) is 2. The predicted octanol–water partition coefficient (Wildman–Crippen LogP) is 2.64. The molecule has 1 fully saturated rings. The van der Waals surface area contributed by atoms with Crippen LogP contribution >= 0.6 is 0 Å². The number of rotatable bonds is 4. The lowest BCUT2D eigenvalue weighted by Crippen LogP contribution is -2.50. The van der Waals surface area contributed by atoms with Crippen LogP contribution in [0, 0.1) is 0 Å². The molecular weight excluding hydrogens is 292 g/mol. The van der Waals surface area contributed by atoms with Crippen molar-refractivity contribution < 1.29 is 14.3 Å². The third-order valence-corrected chi connectivity index (χ3v) is 4.78. The zero-order valence-corrected chi connectivity index (χ0v) is 14.2. The first kappa shape index (κ1) is 16.1. The molecule has 0 saturated carbocycles. The van der Waals surface area contributed by atoms with Gasteiger partial charge in [0.1, 0.15) is 0 Å². The number of benzene rings is 1. The molecule has 2 aliphatic heterocycles. The van der Waals surface area contributed by atoms with Crippen LogP contribution in [0.15, 0.2) is 18.2 Å². The second kappa shape index (κ2) is 6.79. The molecule has 0 bridgehead atoms. The summed E-state index contributed by atoms with van der Waals surface area (Å²) in [5.74, 6) is 1.82. The molecule has 1 aromatic rings. The average molecular weight is 318 g/mol. The van der Waals surface area contributed by atoms with Crippen molar-refractivity contribution in [2.75, 3.05) is 20.4 Å². The Hall–Kier alpha value is -1.75. The summed E-state index contributed by atoms with van der Waals surface area (Å²) in [6, 6.07) is 6.66. The maximum absolute atomic E-state index is 12.6. The van der Waals surface area contributed by atoms with E-state index in [9.17, 15) is 4.79 Å². The largest absolute Gasteiger partial charge is 0.454 e. The summed E-state index contributed by atoms with van der Waals surface area (Å²) < 4.78 is 10.7. The number of hydrogen-bond acceptors (Lipinski definition) is 4. The fourth-order valence-electron chi connectivity index (χ4n) is 3.63. The smallest absolute Gasteiger partial charge is 0.237 e. The van der Waals surface area contributed by atoms with Gasteiger partial charge in [0, 0.05) is 18.6 Å². The van der Waals surface area contributed by atoms with Gasteiger partial charge in [0.15, 0.2) is 11.5 Å². The molecule has 2 heterocycles. The minimum atomic E-state index is 0.230. The van der Waals surface area contributed by atoms with Crippen molar-refractivity contribution >= 4 is 5.91 Å². The van der Waals surface area contributed by atoms with Crippen LogP contribution in [0.25, 0.3) is 0 Å². The summed E-state index contributed by atoms with van der Waals surface area (Å²) in [7, 11) is 1.99. The van der Waals surface area contributed by atoms with Gasteiger partial charge >= 0.3 is 0 Å². The van der Waals surface area contributed by atoms with Gasteiger partial charge in [-0.1, -0.05) is 6.07 Å². The minimum absolute atomic E-state index is 0.230. The van der Waals surface area contributed by atoms with Crippen LogP contribution < -0.4 is 9.47 Å². The fourth-order valence-corrected chi connectivity index (χ4v) is 3.63. The molecule has 0 aromatic heterocycles. The maximum Gasteiger partial charge on any atom is 0.237 e. The van der Waals surface area contributed by atoms with E-state index < -0.39 is 0 Å². The highest BCUT2D eigenvalue weighted by atomic mass is 16.7. The summed E-state index contributed by atoms with van der Waals surface area (Å²) >= 11 is 0. The zero-order chi connectivity index (χ0) is 16.4. The Balaban J connectivity index is 1.58. The van der Waals surface area contributed by atoms with E-state index in [0.717, 1.165) is 36.4 Å². The Labute approximate surface area is 138 Å². The quantitative estimate of drug-likeness (QED) is 0.856. The van der Waals surface area contributed by atoms with E-state index in [1.807, 2.05) is 25.2 Å². The minimum Gasteiger partial charge on any atom is -0.454 e. The Morgan fingerprint density at radius 2 is 1.91 bits per heavy atom. The van der Waals surface area contributed by atoms with Crippen LogP contribution in [0.2, 0.25) is 0 Å². The van der Waals surface area contributed by atoms with Gasteiger partial charge < -0.3 is 14.4 Å². The van der Waals surface area contributed by atoms with Crippen molar-refractivity contribution in [2.45, 2.75) is 51.7 Å². The van der Waals surface area contributed by atoms with Gasteiger partial charge in [0.2, 0.25) is 12.7 Å². The first-order valence-corrected chi connectivity index (χ1v) is 8.43. The lowest BCUT2D eigenvalue weighted by atomic mass is 9.97. The van der Waals surface area contributed by atoms with Crippen molar-refractivity contribution in [1.82, 2.24) is 9.80 Å². The molecule has 5 nitrogen and oxygen atoms in total. The topological polar surface area (TPSA) is 42.0 Å². The number of fused-ring (bicyclic) bond motifs is 1. The van der Waals surface area contributed by atoms with Crippen molar-refractivity contribution in [1.29, 1.82) is 0 Å². The molecule has 1 aromatic carbocycles. The van der Waals surface area contributed by atoms with Gasteiger partial charge in [-0.15, -0.1) is 0 Å². The molecule has 5 heteroatoms. The first-order valence-electron chi connectivity index (χ1n) is 8.43. The third-order valence-electron chi connectivity index (χ3n) is 4.78. The van der Waals surface area contributed by atoms with Gasteiger partial charge in [0.05, 0.1) is 6.54 Å². The Morgan fingerprint density at radius 3 is 2.65 bits per heavy atom. The van der Waals surface area contributed by atoms with E-state index in [1.54, 1.807) is 0 Å². The average Bonchev–Trinajstić information content (AvgIpc) is 2.94. The van der Waals surface area contributed by atoms with Crippen molar-refractivity contribution in [3.8, 4) is 11.5 Å². The Morgan fingerprint density at radius 1 is 1.22 bits per heavy atom. The number of hydrogen-bond donors (Lipinski definition) is 0. The van der Waals surface area contributed by atoms with E-state index in [4.69, 9.17) is 9.47 Å². The SMILES string of the molecule is CC1CCCC(C)N1C(=O)CN(C)Cc1ccc2c(c1)OCO2. The summed E-state index contributed by atoms with van der Waals surface area (Å²) in [5, 5.41) is 0. The lowest BCUT2D eigenvalue weighted by Gasteiger charge is -2.39. The van der Waals surface area contributed by atoms with Crippen LogP contribution in [-0.4, -0.2) is 48.2 Å². The van der Waals surface area contributed by atoms with Crippen molar-refractivity contribution in [3.05, 3.63) is 23.8 Å². The Bertz CT molecular complexity index is 565. The molecule has 3 rings (SSSR count). The monoisotopic (exact) mass is 318 g/mol. The van der Waals surface area contributed by atoms with Crippen molar-refractivity contribution in [2.24, 2.45) is 0 Å². The highest BCUT2D eigenvalue weighted by Gasteiger charge is 2.29. The highest BCUT2D eigenvalue weighted by molar-refractivity contribution is 5.79. The van der Waals surface area contributed by atoms with Crippen LogP contribution in [-0.2, 0) is 11.3 Å². The van der Waals surface area contributed by atoms with Crippen LogP contribution in [0.4, 0.5) is 0 Å². The molecule has 0 spiro atoms. The third kappa shape index (κ3) is 3.61. The normalized spacial score (nSPS) is 23.4. The van der Waals surface area contributed by atoms with Gasteiger partial charge in [0.25, 0.3) is 0 Å². The maximum atomic E-state index is 12.6. The van der Waals surface area contributed by atoms with Crippen molar-refractivity contribution in [3.63, 3.8) is 0 Å². The number of amides is 1. The highest BCUT2D eigenvalue weighted by Crippen LogP contribution is 2.32. The standard InChI is InChI=1S/C18H26N2O3/c1-13-5-4-6-14(2)20(13)18(21)11-19(3)10-15-7-8-16-17(9-15)23-12-22-16/h7-9,13-14H,4-6,10-12H2,1-3H3. The van der Waals surface area contributed by atoms with Gasteiger partial charge in [-0.2, -0.15) is 0 Å². The second-order valence-corrected chi connectivity index (χ2v) is 6.79. The first-order chi connectivity index (χ1) is 11.0. The predicted molar refractivity (Wildman–Crippen MR) is 88.5 cm³/mol. The van der Waals surface area contributed by atoms with Gasteiger partial charge in [-0.25, -0.2) is 0 Å². The number of likely N-dealkylation sites (N-methyl/N-ethyl adjacent to an activating group) is 1. The van der Waals surface area contributed by atoms with Crippen LogP contribution in [0.1, 0.15) is 38.7 Å². The number of nitrogens with zero attached hydrogens (tertiary/aromatic N) is 2. The van der Waals surface area contributed by atoms with E-state index in [2.05, 4.69) is 23.6 Å². The van der Waals surface area contributed by atoms with E-state index in [1.165, 1.54) is 6.42 Å². The van der Waals surface area contributed by atoms with Gasteiger partial charge in [-0.3, -0.25) is 9.69 Å². The van der Waals surface area contributed by atoms with E-state index in [-0.39, 0.29) is 12.7 Å². The summed E-state index contributed by atoms with van der Waals surface area (Å²) in [6.07, 6.45) is 3.45. The van der Waals surface area contributed by atoms with Crippen LogP contribution in [0.5, 0.6) is 11.5 Å². The lowest BCUT2D eigenvalue weighted by molar-refractivity contribution is -0.138. The molecule has 0 N–H and O–H groups in total. The molecular formula is C18H26N2O3. The summed E-state index contributed by atoms with van der Waals surface area (Å²) in [5.41, 5.74) is 1.13. The summed E-state index contributed by atoms with van der Waals surface area (Å²) in [6.45, 7) is 5.77. The fraction of sp³-hybridized carbons (Fsp3) is 0.611. The molecule has 2 aliphatic rings. The molecule has 1 amide bonds. The number of likely N-dealkylation sites (tertiary alicyclic amines) is 1. The van der Waals surface area contributed by atoms with E-state index in [0.29, 0.717) is 18.6 Å². The molecule has 2 atom stereocenters.